The molecule has 0 amide bonds. The Kier molecular flexibility index (Phi) is 6.51. The van der Waals surface area contributed by atoms with Gasteiger partial charge in [0.25, 0.3) is 0 Å². The number of rotatable bonds is 8. The van der Waals surface area contributed by atoms with Crippen molar-refractivity contribution in [1.82, 2.24) is 4.72 Å². The van der Waals surface area contributed by atoms with Gasteiger partial charge in [-0.05, 0) is 18.8 Å². The van der Waals surface area contributed by atoms with Gasteiger partial charge in [-0.2, -0.15) is 0 Å². The van der Waals surface area contributed by atoms with Crippen molar-refractivity contribution in [3.05, 3.63) is 0 Å². The summed E-state index contributed by atoms with van der Waals surface area (Å²) in [4.78, 5) is 0. The molecule has 0 saturated carbocycles. The maximum atomic E-state index is 11.4. The Hall–Kier alpha value is -0.620. The molecule has 0 aliphatic rings. The third-order valence-electron chi connectivity index (χ3n) is 1.75. The van der Waals surface area contributed by atoms with Crippen LogP contribution in [0.25, 0.3) is 0 Å². The Morgan fingerprint density at radius 1 is 1.40 bits per heavy atom. The Morgan fingerprint density at radius 2 is 2.00 bits per heavy atom. The average Bonchev–Trinajstić information content (AvgIpc) is 1.99. The molecule has 0 aromatic carbocycles. The van der Waals surface area contributed by atoms with Crippen LogP contribution >= 0.6 is 0 Å². The van der Waals surface area contributed by atoms with Crippen LogP contribution in [0, 0.1) is 11.3 Å². The predicted molar refractivity (Wildman–Crippen MR) is 62.4 cm³/mol. The van der Waals surface area contributed by atoms with E-state index in [0.29, 0.717) is 13.0 Å². The van der Waals surface area contributed by atoms with E-state index >= 15 is 0 Å². The van der Waals surface area contributed by atoms with Gasteiger partial charge in [-0.15, -0.1) is 0 Å². The first-order chi connectivity index (χ1) is 6.83. The number of sulfonamides is 1. The lowest BCUT2D eigenvalue weighted by atomic mass is 10.2. The summed E-state index contributed by atoms with van der Waals surface area (Å²) in [5, 5.41) is 6.98. The van der Waals surface area contributed by atoms with Gasteiger partial charge in [0.15, 0.2) is 0 Å². The Bertz CT molecular complexity index is 286. The third kappa shape index (κ3) is 9.68. The standard InChI is InChI=1S/C9H21N3O2S/c1-8(2)7-15(13,14)12-6-4-3-5-9(10)11/h8,12H,3-7H2,1-2H3,(H3,10,11). The summed E-state index contributed by atoms with van der Waals surface area (Å²) in [5.41, 5.74) is 5.17. The molecule has 5 nitrogen and oxygen atoms in total. The molecule has 0 rings (SSSR count). The highest BCUT2D eigenvalue weighted by Crippen LogP contribution is 1.99. The van der Waals surface area contributed by atoms with Crippen LogP contribution in [-0.4, -0.2) is 26.6 Å². The van der Waals surface area contributed by atoms with E-state index in [2.05, 4.69) is 4.72 Å². The van der Waals surface area contributed by atoms with Gasteiger partial charge in [-0.25, -0.2) is 13.1 Å². The van der Waals surface area contributed by atoms with Crippen LogP contribution in [-0.2, 0) is 10.0 Å². The fraction of sp³-hybridized carbons (Fsp3) is 0.889. The molecule has 4 N–H and O–H groups in total. The summed E-state index contributed by atoms with van der Waals surface area (Å²) in [7, 11) is -3.12. The molecule has 0 aliphatic heterocycles. The molecule has 6 heteroatoms. The predicted octanol–water partition coefficient (Wildman–Crippen LogP) is 0.668. The molecule has 0 spiro atoms. The van der Waals surface area contributed by atoms with Gasteiger partial charge >= 0.3 is 0 Å². The molecule has 90 valence electrons. The number of hydrogen-bond donors (Lipinski definition) is 3. The highest BCUT2D eigenvalue weighted by molar-refractivity contribution is 7.89. The second-order valence-electron chi connectivity index (χ2n) is 4.05. The Balaban J connectivity index is 3.62. The molecule has 0 unspecified atom stereocenters. The van der Waals surface area contributed by atoms with Crippen molar-refractivity contribution in [3.8, 4) is 0 Å². The molecule has 0 aromatic rings. The Labute approximate surface area is 92.0 Å². The molecule has 0 bridgehead atoms. The van der Waals surface area contributed by atoms with Gasteiger partial charge in [-0.3, -0.25) is 5.41 Å². The molecule has 0 fully saturated rings. The van der Waals surface area contributed by atoms with E-state index in [0.717, 1.165) is 12.8 Å². The average molecular weight is 235 g/mol. The molecular weight excluding hydrogens is 214 g/mol. The maximum Gasteiger partial charge on any atom is 0.211 e. The lowest BCUT2D eigenvalue weighted by Gasteiger charge is -2.08. The van der Waals surface area contributed by atoms with Crippen molar-refractivity contribution in [1.29, 1.82) is 5.41 Å². The molecule has 0 heterocycles. The van der Waals surface area contributed by atoms with E-state index in [4.69, 9.17) is 11.1 Å². The number of nitrogens with two attached hydrogens (primary N) is 1. The van der Waals surface area contributed by atoms with Gasteiger partial charge in [0, 0.05) is 13.0 Å². The zero-order valence-corrected chi connectivity index (χ0v) is 10.2. The largest absolute Gasteiger partial charge is 0.388 e. The summed E-state index contributed by atoms with van der Waals surface area (Å²) in [6, 6.07) is 0. The molecule has 0 aromatic heterocycles. The highest BCUT2D eigenvalue weighted by Gasteiger charge is 2.11. The maximum absolute atomic E-state index is 11.4. The summed E-state index contributed by atoms with van der Waals surface area (Å²) in [6.45, 7) is 4.17. The molecule has 0 atom stereocenters. The summed E-state index contributed by atoms with van der Waals surface area (Å²) >= 11 is 0. The topological polar surface area (TPSA) is 96.0 Å². The van der Waals surface area contributed by atoms with Crippen molar-refractivity contribution in [3.63, 3.8) is 0 Å². The Morgan fingerprint density at radius 3 is 2.47 bits per heavy atom. The zero-order valence-electron chi connectivity index (χ0n) is 9.41. The number of nitrogens with one attached hydrogen (secondary N) is 2. The smallest absolute Gasteiger partial charge is 0.211 e. The van der Waals surface area contributed by atoms with Gasteiger partial charge in [0.05, 0.1) is 11.6 Å². The van der Waals surface area contributed by atoms with Gasteiger partial charge in [0.2, 0.25) is 10.0 Å². The van der Waals surface area contributed by atoms with Crippen LogP contribution in [0.4, 0.5) is 0 Å². The number of hydrogen-bond acceptors (Lipinski definition) is 3. The van der Waals surface area contributed by atoms with Gasteiger partial charge in [0.1, 0.15) is 0 Å². The first kappa shape index (κ1) is 14.4. The van der Waals surface area contributed by atoms with Crippen LogP contribution < -0.4 is 10.5 Å². The fourth-order valence-corrected chi connectivity index (χ4v) is 2.62. The quantitative estimate of drug-likeness (QED) is 0.328. The van der Waals surface area contributed by atoms with E-state index in [1.165, 1.54) is 0 Å². The third-order valence-corrected chi connectivity index (χ3v) is 3.50. The SMILES string of the molecule is CC(C)CS(=O)(=O)NCCCCC(=N)N. The van der Waals surface area contributed by atoms with Crippen LogP contribution in [0.5, 0.6) is 0 Å². The number of amidine groups is 1. The first-order valence-electron chi connectivity index (χ1n) is 5.13. The van der Waals surface area contributed by atoms with Gasteiger partial charge < -0.3 is 5.73 Å². The van der Waals surface area contributed by atoms with Crippen LogP contribution in [0.15, 0.2) is 0 Å². The van der Waals surface area contributed by atoms with E-state index < -0.39 is 10.0 Å². The van der Waals surface area contributed by atoms with Crippen molar-refractivity contribution in [2.24, 2.45) is 11.7 Å². The molecule has 15 heavy (non-hydrogen) atoms. The normalized spacial score (nSPS) is 11.9. The lowest BCUT2D eigenvalue weighted by molar-refractivity contribution is 0.564. The van der Waals surface area contributed by atoms with E-state index in [9.17, 15) is 8.42 Å². The van der Waals surface area contributed by atoms with Crippen molar-refractivity contribution < 1.29 is 8.42 Å². The molecule has 0 saturated heterocycles. The molecular formula is C9H21N3O2S. The molecule has 0 radical (unpaired) electrons. The van der Waals surface area contributed by atoms with Crippen LogP contribution in [0.3, 0.4) is 0 Å². The van der Waals surface area contributed by atoms with E-state index in [-0.39, 0.29) is 17.5 Å². The van der Waals surface area contributed by atoms with E-state index in [1.54, 1.807) is 0 Å². The van der Waals surface area contributed by atoms with E-state index in [1.807, 2.05) is 13.8 Å². The van der Waals surface area contributed by atoms with Crippen molar-refractivity contribution in [2.45, 2.75) is 33.1 Å². The van der Waals surface area contributed by atoms with Gasteiger partial charge in [-0.1, -0.05) is 13.8 Å². The minimum Gasteiger partial charge on any atom is -0.388 e. The lowest BCUT2D eigenvalue weighted by Crippen LogP contribution is -2.29. The second kappa shape index (κ2) is 6.79. The zero-order chi connectivity index (χ0) is 11.9. The summed E-state index contributed by atoms with van der Waals surface area (Å²) < 4.78 is 25.2. The van der Waals surface area contributed by atoms with Crippen molar-refractivity contribution in [2.75, 3.05) is 12.3 Å². The number of unbranched alkanes of at least 4 members (excludes halogenated alkanes) is 1. The minimum atomic E-state index is -3.12. The second-order valence-corrected chi connectivity index (χ2v) is 5.90. The summed E-state index contributed by atoms with van der Waals surface area (Å²) in [6.07, 6.45) is 2.00. The minimum absolute atomic E-state index is 0.139. The first-order valence-corrected chi connectivity index (χ1v) is 6.79. The molecule has 0 aliphatic carbocycles. The van der Waals surface area contributed by atoms with Crippen LogP contribution in [0.2, 0.25) is 0 Å². The van der Waals surface area contributed by atoms with Crippen molar-refractivity contribution >= 4 is 15.9 Å². The monoisotopic (exact) mass is 235 g/mol. The van der Waals surface area contributed by atoms with Crippen LogP contribution in [0.1, 0.15) is 33.1 Å². The fourth-order valence-electron chi connectivity index (χ4n) is 1.17. The summed E-state index contributed by atoms with van der Waals surface area (Å²) in [5.74, 6) is 0.458. The highest BCUT2D eigenvalue weighted by atomic mass is 32.2.